The average Bonchev–Trinajstić information content (AvgIpc) is 2.79. The Morgan fingerprint density at radius 3 is 2.45 bits per heavy atom. The van der Waals surface area contributed by atoms with Gasteiger partial charge in [0.2, 0.25) is 0 Å². The van der Waals surface area contributed by atoms with Crippen LogP contribution in [0, 0.1) is 5.82 Å². The van der Waals surface area contributed by atoms with E-state index in [9.17, 15) is 9.18 Å². The Balaban J connectivity index is 1.40. The topological polar surface area (TPSA) is 58.6 Å². The van der Waals surface area contributed by atoms with E-state index in [1.807, 2.05) is 36.4 Å². The first kappa shape index (κ1) is 18.9. The van der Waals surface area contributed by atoms with Gasteiger partial charge in [-0.3, -0.25) is 4.79 Å². The minimum atomic E-state index is -0.402. The van der Waals surface area contributed by atoms with E-state index in [0.717, 1.165) is 22.8 Å². The van der Waals surface area contributed by atoms with E-state index >= 15 is 0 Å². The molecule has 0 radical (unpaired) electrons. The lowest BCUT2D eigenvalue weighted by Crippen LogP contribution is -2.49. The third-order valence-corrected chi connectivity index (χ3v) is 4.98. The summed E-state index contributed by atoms with van der Waals surface area (Å²) in [6, 6.07) is 17.4. The predicted octanol–water partition coefficient (Wildman–Crippen LogP) is 3.25. The minimum Gasteiger partial charge on any atom is -0.497 e. The molecule has 0 atom stereocenters. The number of methoxy groups -OCH3 is 1. The van der Waals surface area contributed by atoms with Gasteiger partial charge in [-0.15, -0.1) is 10.2 Å². The van der Waals surface area contributed by atoms with Crippen molar-refractivity contribution < 1.29 is 13.9 Å². The summed E-state index contributed by atoms with van der Waals surface area (Å²) in [5, 5.41) is 8.70. The first-order chi connectivity index (χ1) is 14.1. The Bertz CT molecular complexity index is 1000. The van der Waals surface area contributed by atoms with Crippen molar-refractivity contribution in [2.24, 2.45) is 0 Å². The molecule has 0 aliphatic carbocycles. The van der Waals surface area contributed by atoms with Crippen molar-refractivity contribution in [2.45, 2.75) is 0 Å². The Hall–Kier alpha value is -3.48. The lowest BCUT2D eigenvalue weighted by atomic mass is 10.1. The fourth-order valence-electron chi connectivity index (χ4n) is 3.37. The van der Waals surface area contributed by atoms with E-state index in [2.05, 4.69) is 15.1 Å². The quantitative estimate of drug-likeness (QED) is 0.682. The molecule has 1 aromatic heterocycles. The van der Waals surface area contributed by atoms with Crippen molar-refractivity contribution >= 4 is 11.7 Å². The summed E-state index contributed by atoms with van der Waals surface area (Å²) < 4.78 is 18.6. The summed E-state index contributed by atoms with van der Waals surface area (Å²) in [4.78, 5) is 16.4. The molecule has 1 aliphatic rings. The Labute approximate surface area is 168 Å². The highest BCUT2D eigenvalue weighted by atomic mass is 19.1. The summed E-state index contributed by atoms with van der Waals surface area (Å²) in [5.74, 6) is 0.992. The van der Waals surface area contributed by atoms with Crippen LogP contribution in [0.25, 0.3) is 11.3 Å². The van der Waals surface area contributed by atoms with Gasteiger partial charge < -0.3 is 14.5 Å². The van der Waals surface area contributed by atoms with E-state index in [4.69, 9.17) is 4.74 Å². The average molecular weight is 392 g/mol. The molecular weight excluding hydrogens is 371 g/mol. The number of aromatic nitrogens is 2. The van der Waals surface area contributed by atoms with Crippen LogP contribution in [0.3, 0.4) is 0 Å². The molecule has 2 aromatic carbocycles. The van der Waals surface area contributed by atoms with Crippen molar-refractivity contribution in [3.63, 3.8) is 0 Å². The number of hydrogen-bond acceptors (Lipinski definition) is 5. The number of amides is 1. The highest BCUT2D eigenvalue weighted by molar-refractivity contribution is 5.94. The van der Waals surface area contributed by atoms with Crippen LogP contribution in [0.2, 0.25) is 0 Å². The Morgan fingerprint density at radius 1 is 0.966 bits per heavy atom. The molecule has 7 heteroatoms. The molecule has 0 unspecified atom stereocenters. The number of hydrogen-bond donors (Lipinski definition) is 0. The van der Waals surface area contributed by atoms with E-state index < -0.39 is 5.82 Å². The molecule has 2 heterocycles. The molecule has 1 aliphatic heterocycles. The smallest absolute Gasteiger partial charge is 0.254 e. The van der Waals surface area contributed by atoms with Crippen LogP contribution in [0.5, 0.6) is 5.75 Å². The number of halogens is 1. The third kappa shape index (κ3) is 4.18. The number of ether oxygens (including phenoxy) is 1. The van der Waals surface area contributed by atoms with Crippen molar-refractivity contribution in [1.82, 2.24) is 15.1 Å². The van der Waals surface area contributed by atoms with Crippen LogP contribution in [0.1, 0.15) is 10.4 Å². The van der Waals surface area contributed by atoms with Gasteiger partial charge in [-0.2, -0.15) is 0 Å². The zero-order valence-corrected chi connectivity index (χ0v) is 16.1. The van der Waals surface area contributed by atoms with Crippen LogP contribution in [-0.4, -0.2) is 54.3 Å². The van der Waals surface area contributed by atoms with Crippen molar-refractivity contribution in [3.8, 4) is 17.0 Å². The first-order valence-corrected chi connectivity index (χ1v) is 9.42. The molecule has 6 nitrogen and oxygen atoms in total. The second-order valence-electron chi connectivity index (χ2n) is 6.80. The summed E-state index contributed by atoms with van der Waals surface area (Å²) in [7, 11) is 1.63. The van der Waals surface area contributed by atoms with Crippen LogP contribution in [0.4, 0.5) is 10.2 Å². The lowest BCUT2D eigenvalue weighted by Gasteiger charge is -2.35. The van der Waals surface area contributed by atoms with Crippen LogP contribution >= 0.6 is 0 Å². The summed E-state index contributed by atoms with van der Waals surface area (Å²) in [6.45, 7) is 2.39. The van der Waals surface area contributed by atoms with Gasteiger partial charge in [0.1, 0.15) is 11.6 Å². The maximum absolute atomic E-state index is 13.4. The van der Waals surface area contributed by atoms with E-state index in [1.54, 1.807) is 24.1 Å². The van der Waals surface area contributed by atoms with Gasteiger partial charge in [0.25, 0.3) is 5.91 Å². The number of carbonyl (C=O) groups is 1. The standard InChI is InChI=1S/C22H21FN4O2/c1-29-19-7-3-4-16(15-19)20-8-9-21(25-24-20)26-10-12-27(13-11-26)22(28)17-5-2-6-18(23)14-17/h2-9,14-15H,10-13H2,1H3. The Kier molecular flexibility index (Phi) is 5.37. The second-order valence-corrected chi connectivity index (χ2v) is 6.80. The minimum absolute atomic E-state index is 0.149. The highest BCUT2D eigenvalue weighted by Crippen LogP contribution is 2.23. The number of benzene rings is 2. The molecule has 0 bridgehead atoms. The van der Waals surface area contributed by atoms with Gasteiger partial charge in [-0.1, -0.05) is 18.2 Å². The first-order valence-electron chi connectivity index (χ1n) is 9.42. The molecule has 0 spiro atoms. The molecule has 1 fully saturated rings. The Morgan fingerprint density at radius 2 is 1.76 bits per heavy atom. The normalized spacial score (nSPS) is 14.0. The van der Waals surface area contributed by atoms with Gasteiger partial charge in [0, 0.05) is 37.3 Å². The maximum Gasteiger partial charge on any atom is 0.254 e. The summed E-state index contributed by atoms with van der Waals surface area (Å²) >= 11 is 0. The number of anilines is 1. The number of piperazine rings is 1. The fraction of sp³-hybridized carbons (Fsp3) is 0.227. The number of rotatable bonds is 4. The van der Waals surface area contributed by atoms with Crippen LogP contribution in [-0.2, 0) is 0 Å². The van der Waals surface area contributed by atoms with E-state index in [1.165, 1.54) is 12.1 Å². The van der Waals surface area contributed by atoms with Gasteiger partial charge >= 0.3 is 0 Å². The third-order valence-electron chi connectivity index (χ3n) is 4.98. The molecule has 3 aromatic rings. The maximum atomic E-state index is 13.4. The lowest BCUT2D eigenvalue weighted by molar-refractivity contribution is 0.0746. The van der Waals surface area contributed by atoms with Crippen molar-refractivity contribution in [2.75, 3.05) is 38.2 Å². The van der Waals surface area contributed by atoms with Gasteiger partial charge in [-0.05, 0) is 42.5 Å². The van der Waals surface area contributed by atoms with Crippen LogP contribution in [0.15, 0.2) is 60.7 Å². The molecule has 148 valence electrons. The molecule has 0 saturated carbocycles. The van der Waals surface area contributed by atoms with E-state index in [-0.39, 0.29) is 5.91 Å². The van der Waals surface area contributed by atoms with Crippen LogP contribution < -0.4 is 9.64 Å². The second kappa shape index (κ2) is 8.26. The predicted molar refractivity (Wildman–Crippen MR) is 109 cm³/mol. The fourth-order valence-corrected chi connectivity index (χ4v) is 3.37. The number of carbonyl (C=O) groups excluding carboxylic acids is 1. The molecule has 0 N–H and O–H groups in total. The largest absolute Gasteiger partial charge is 0.497 e. The van der Waals surface area contributed by atoms with Gasteiger partial charge in [0.15, 0.2) is 5.82 Å². The summed E-state index contributed by atoms with van der Waals surface area (Å²) in [5.41, 5.74) is 2.09. The van der Waals surface area contributed by atoms with Gasteiger partial charge in [0.05, 0.1) is 12.8 Å². The van der Waals surface area contributed by atoms with E-state index in [0.29, 0.717) is 31.7 Å². The zero-order chi connectivity index (χ0) is 20.2. The molecule has 1 saturated heterocycles. The molecule has 4 rings (SSSR count). The molecule has 1 amide bonds. The van der Waals surface area contributed by atoms with Crippen molar-refractivity contribution in [1.29, 1.82) is 0 Å². The highest BCUT2D eigenvalue weighted by Gasteiger charge is 2.23. The summed E-state index contributed by atoms with van der Waals surface area (Å²) in [6.07, 6.45) is 0. The monoisotopic (exact) mass is 392 g/mol. The van der Waals surface area contributed by atoms with Crippen molar-refractivity contribution in [3.05, 3.63) is 72.0 Å². The molecular formula is C22H21FN4O2. The SMILES string of the molecule is COc1cccc(-c2ccc(N3CCN(C(=O)c4cccc(F)c4)CC3)nn2)c1. The number of nitrogens with zero attached hydrogens (tertiary/aromatic N) is 4. The molecule has 29 heavy (non-hydrogen) atoms. The zero-order valence-electron chi connectivity index (χ0n) is 16.1. The van der Waals surface area contributed by atoms with Gasteiger partial charge in [-0.25, -0.2) is 4.39 Å².